The van der Waals surface area contributed by atoms with E-state index in [1.54, 1.807) is 0 Å². The van der Waals surface area contributed by atoms with E-state index in [9.17, 15) is 0 Å². The molecule has 17 heavy (non-hydrogen) atoms. The van der Waals surface area contributed by atoms with Gasteiger partial charge < -0.3 is 5.73 Å². The molecule has 4 nitrogen and oxygen atoms in total. The Kier molecular flexibility index (Phi) is 2.73. The van der Waals surface area contributed by atoms with Crippen molar-refractivity contribution >= 4 is 26.3 Å². The molecule has 0 aromatic carbocycles. The van der Waals surface area contributed by atoms with Crippen molar-refractivity contribution in [3.63, 3.8) is 0 Å². The summed E-state index contributed by atoms with van der Waals surface area (Å²) >= 11 is 0. The maximum Gasteiger partial charge on any atom is 0.151 e. The smallest absolute Gasteiger partial charge is 0.151 e. The van der Waals surface area contributed by atoms with E-state index in [0.29, 0.717) is 10.9 Å². The average molecular weight is 248 g/mol. The van der Waals surface area contributed by atoms with Crippen LogP contribution in [0.1, 0.15) is 31.9 Å². The Hall–Kier alpha value is -1.36. The summed E-state index contributed by atoms with van der Waals surface area (Å²) in [6.45, 7) is 10.8. The monoisotopic (exact) mass is 248 g/mol. The van der Waals surface area contributed by atoms with E-state index in [1.165, 1.54) is 11.1 Å². The number of hydrogen-bond acceptors (Lipinski definition) is 3. The highest BCUT2D eigenvalue weighted by atomic mass is 28.2. The van der Waals surface area contributed by atoms with E-state index in [2.05, 4.69) is 44.7 Å². The molecule has 0 bridgehead atoms. The van der Waals surface area contributed by atoms with Gasteiger partial charge in [-0.2, -0.15) is 5.10 Å². The van der Waals surface area contributed by atoms with E-state index in [1.807, 2.05) is 10.7 Å². The largest absolute Gasteiger partial charge is 0.382 e. The third-order valence-electron chi connectivity index (χ3n) is 2.90. The van der Waals surface area contributed by atoms with Crippen molar-refractivity contribution in [1.29, 1.82) is 0 Å². The van der Waals surface area contributed by atoms with Gasteiger partial charge in [-0.15, -0.1) is 0 Å². The zero-order valence-electron chi connectivity index (χ0n) is 11.2. The van der Waals surface area contributed by atoms with Crippen LogP contribution in [-0.4, -0.2) is 24.1 Å². The summed E-state index contributed by atoms with van der Waals surface area (Å²) in [6.07, 6.45) is 2.03. The number of aryl methyl sites for hydroxylation is 2. The van der Waals surface area contributed by atoms with Crippen molar-refractivity contribution in [3.8, 4) is 0 Å². The van der Waals surface area contributed by atoms with Crippen LogP contribution in [-0.2, 0) is 0 Å². The second-order valence-electron chi connectivity index (χ2n) is 5.88. The highest BCUT2D eigenvalue weighted by Gasteiger charge is 2.17. The van der Waals surface area contributed by atoms with E-state index in [-0.39, 0.29) is 0 Å². The number of fused-ring (bicyclic) bond motifs is 1. The Labute approximate surface area is 104 Å². The number of nitrogen functional groups attached to an aromatic ring is 1. The quantitative estimate of drug-likeness (QED) is 0.764. The first-order chi connectivity index (χ1) is 7.78. The molecule has 0 radical (unpaired) electrons. The fourth-order valence-electron chi connectivity index (χ4n) is 1.98. The van der Waals surface area contributed by atoms with Gasteiger partial charge >= 0.3 is 0 Å². The standard InChI is InChI=1S/C12H20N4Si/c1-7-6-16-9(8(7)2)10(13)14-11(15-16)17-12(3,4)5/h6H,17H2,1-5H3,(H2,13,14,15). The molecule has 2 aromatic heterocycles. The first-order valence-corrected chi connectivity index (χ1v) is 7.30. The first-order valence-electron chi connectivity index (χ1n) is 5.89. The lowest BCUT2D eigenvalue weighted by Crippen LogP contribution is -2.31. The molecule has 0 aliphatic carbocycles. The number of rotatable bonds is 1. The van der Waals surface area contributed by atoms with Gasteiger partial charge in [-0.25, -0.2) is 9.50 Å². The molecule has 0 fully saturated rings. The van der Waals surface area contributed by atoms with Gasteiger partial charge in [-0.1, -0.05) is 20.8 Å². The molecule has 5 heteroatoms. The highest BCUT2D eigenvalue weighted by Crippen LogP contribution is 2.21. The van der Waals surface area contributed by atoms with E-state index < -0.39 is 9.52 Å². The average Bonchev–Trinajstić information content (AvgIpc) is 2.39. The lowest BCUT2D eigenvalue weighted by molar-refractivity contribution is 0.754. The molecular weight excluding hydrogens is 228 g/mol. The minimum atomic E-state index is -0.509. The van der Waals surface area contributed by atoms with Crippen molar-refractivity contribution in [2.45, 2.75) is 39.7 Å². The predicted molar refractivity (Wildman–Crippen MR) is 74.8 cm³/mol. The van der Waals surface area contributed by atoms with Gasteiger partial charge in [-0.3, -0.25) is 0 Å². The second-order valence-corrected chi connectivity index (χ2v) is 8.99. The van der Waals surface area contributed by atoms with Crippen molar-refractivity contribution in [2.24, 2.45) is 0 Å². The van der Waals surface area contributed by atoms with Crippen LogP contribution in [0.5, 0.6) is 0 Å². The fraction of sp³-hybridized carbons (Fsp3) is 0.500. The Morgan fingerprint density at radius 3 is 2.53 bits per heavy atom. The molecule has 2 aromatic rings. The van der Waals surface area contributed by atoms with Gasteiger partial charge in [0.1, 0.15) is 20.5 Å². The zero-order chi connectivity index (χ0) is 12.8. The van der Waals surface area contributed by atoms with Crippen molar-refractivity contribution < 1.29 is 0 Å². The Morgan fingerprint density at radius 2 is 1.94 bits per heavy atom. The summed E-state index contributed by atoms with van der Waals surface area (Å²) in [4.78, 5) is 4.47. The zero-order valence-corrected chi connectivity index (χ0v) is 12.6. The van der Waals surface area contributed by atoms with Crippen LogP contribution >= 0.6 is 0 Å². The molecule has 0 spiro atoms. The van der Waals surface area contributed by atoms with Gasteiger partial charge in [0.05, 0.1) is 0 Å². The van der Waals surface area contributed by atoms with Gasteiger partial charge in [0.15, 0.2) is 5.82 Å². The van der Waals surface area contributed by atoms with Crippen LogP contribution in [0, 0.1) is 13.8 Å². The van der Waals surface area contributed by atoms with Gasteiger partial charge in [0, 0.05) is 6.20 Å². The number of anilines is 1. The minimum absolute atomic E-state index is 0.303. The third kappa shape index (κ3) is 2.34. The number of nitrogens with two attached hydrogens (primary N) is 1. The molecule has 0 aliphatic rings. The lowest BCUT2D eigenvalue weighted by atomic mass is 10.2. The van der Waals surface area contributed by atoms with Gasteiger partial charge in [-0.05, 0) is 30.0 Å². The molecule has 2 rings (SSSR count). The normalized spacial score (nSPS) is 13.0. The van der Waals surface area contributed by atoms with E-state index >= 15 is 0 Å². The number of hydrogen-bond donors (Lipinski definition) is 1. The van der Waals surface area contributed by atoms with Crippen molar-refractivity contribution in [2.75, 3.05) is 5.73 Å². The summed E-state index contributed by atoms with van der Waals surface area (Å²) in [5.41, 5.74) is 10.3. The maximum atomic E-state index is 6.04. The number of nitrogens with zero attached hydrogens (tertiary/aromatic N) is 3. The van der Waals surface area contributed by atoms with Crippen molar-refractivity contribution in [1.82, 2.24) is 14.6 Å². The van der Waals surface area contributed by atoms with Gasteiger partial charge in [0.2, 0.25) is 0 Å². The first kappa shape index (κ1) is 12.1. The summed E-state index contributed by atoms with van der Waals surface area (Å²) in [5.74, 6) is 0.609. The molecule has 0 unspecified atom stereocenters. The van der Waals surface area contributed by atoms with Crippen LogP contribution in [0.3, 0.4) is 0 Å². The topological polar surface area (TPSA) is 56.2 Å². The number of aromatic nitrogens is 3. The molecule has 0 amide bonds. The Morgan fingerprint density at radius 1 is 1.29 bits per heavy atom. The van der Waals surface area contributed by atoms with Crippen LogP contribution in [0.2, 0.25) is 5.04 Å². The van der Waals surface area contributed by atoms with E-state index in [0.717, 1.165) is 11.0 Å². The third-order valence-corrected chi connectivity index (χ3v) is 4.57. The van der Waals surface area contributed by atoms with Crippen LogP contribution in [0.25, 0.3) is 5.52 Å². The predicted octanol–water partition coefficient (Wildman–Crippen LogP) is 0.941. The minimum Gasteiger partial charge on any atom is -0.382 e. The van der Waals surface area contributed by atoms with E-state index in [4.69, 9.17) is 5.73 Å². The van der Waals surface area contributed by atoms with Crippen LogP contribution in [0.15, 0.2) is 6.20 Å². The summed E-state index contributed by atoms with van der Waals surface area (Å²) in [7, 11) is -0.509. The molecule has 0 aliphatic heterocycles. The summed E-state index contributed by atoms with van der Waals surface area (Å²) in [5, 5.41) is 4.89. The SMILES string of the molecule is Cc1cn2nc([SiH2]C(C)(C)C)nc(N)c2c1C. The lowest BCUT2D eigenvalue weighted by Gasteiger charge is -2.16. The molecule has 0 atom stereocenters. The summed E-state index contributed by atoms with van der Waals surface area (Å²) in [6, 6.07) is 0. The Bertz CT molecular complexity index is 566. The molecule has 0 saturated heterocycles. The van der Waals surface area contributed by atoms with Crippen LogP contribution in [0.4, 0.5) is 5.82 Å². The molecule has 0 saturated carbocycles. The maximum absolute atomic E-state index is 6.04. The molecule has 2 heterocycles. The van der Waals surface area contributed by atoms with Crippen molar-refractivity contribution in [3.05, 3.63) is 17.3 Å². The fourth-order valence-corrected chi connectivity index (χ4v) is 3.40. The van der Waals surface area contributed by atoms with Gasteiger partial charge in [0.25, 0.3) is 0 Å². The Balaban J connectivity index is 2.56. The van der Waals surface area contributed by atoms with Crippen LogP contribution < -0.4 is 11.2 Å². The highest BCUT2D eigenvalue weighted by molar-refractivity contribution is 6.54. The second kappa shape index (κ2) is 3.84. The molecule has 2 N–H and O–H groups in total. The summed E-state index contributed by atoms with van der Waals surface area (Å²) < 4.78 is 1.89. The molecule has 92 valence electrons. The molecular formula is C12H20N4Si.